The number of hydrogen-bond acceptors (Lipinski definition) is 3. The van der Waals surface area contributed by atoms with Gasteiger partial charge in [0.15, 0.2) is 5.96 Å². The highest BCUT2D eigenvalue weighted by Gasteiger charge is 2.27. The summed E-state index contributed by atoms with van der Waals surface area (Å²) in [6.45, 7) is 8.49. The van der Waals surface area contributed by atoms with Gasteiger partial charge in [0.25, 0.3) is 0 Å². The maximum absolute atomic E-state index is 11.6. The number of imide groups is 1. The molecular weight excluding hydrogens is 493 g/mol. The van der Waals surface area contributed by atoms with Crippen LogP contribution in [0.5, 0.6) is 0 Å². The molecule has 0 atom stereocenters. The monoisotopic (exact) mass is 521 g/mol. The van der Waals surface area contributed by atoms with Crippen LogP contribution in [-0.4, -0.2) is 55.5 Å². The summed E-state index contributed by atoms with van der Waals surface area (Å²) in [7, 11) is 0. The fraction of sp³-hybridized carbons (Fsp3) is 0.526. The molecule has 28 heavy (non-hydrogen) atoms. The number of halogens is 2. The lowest BCUT2D eigenvalue weighted by Crippen LogP contribution is -2.43. The zero-order valence-corrected chi connectivity index (χ0v) is 19.6. The molecule has 0 bridgehead atoms. The third-order valence-corrected chi connectivity index (χ3v) is 4.38. The Balaban J connectivity index is 0.00000392. The lowest BCUT2D eigenvalue weighted by molar-refractivity contribution is -0.124. The van der Waals surface area contributed by atoms with E-state index in [4.69, 9.17) is 11.6 Å². The number of carbonyl (C=O) groups excluding carboxylic acids is 2. The van der Waals surface area contributed by atoms with Crippen LogP contribution in [-0.2, 0) is 11.2 Å². The van der Waals surface area contributed by atoms with Gasteiger partial charge in [0.2, 0.25) is 5.91 Å². The molecule has 0 aliphatic carbocycles. The molecule has 156 valence electrons. The van der Waals surface area contributed by atoms with E-state index in [1.165, 1.54) is 10.5 Å². The molecule has 9 heteroatoms. The molecule has 1 saturated heterocycles. The Morgan fingerprint density at radius 3 is 2.68 bits per heavy atom. The Labute approximate surface area is 188 Å². The van der Waals surface area contributed by atoms with Crippen molar-refractivity contribution in [2.45, 2.75) is 27.2 Å². The minimum atomic E-state index is -0.341. The van der Waals surface area contributed by atoms with Crippen molar-refractivity contribution in [2.24, 2.45) is 10.4 Å². The van der Waals surface area contributed by atoms with Crippen LogP contribution in [0.1, 0.15) is 26.3 Å². The highest BCUT2D eigenvalue weighted by molar-refractivity contribution is 14.0. The van der Waals surface area contributed by atoms with Gasteiger partial charge in [0.05, 0.1) is 6.54 Å². The predicted molar refractivity (Wildman–Crippen MR) is 123 cm³/mol. The van der Waals surface area contributed by atoms with Gasteiger partial charge in [-0.05, 0) is 36.5 Å². The molecule has 0 aromatic heterocycles. The minimum absolute atomic E-state index is 0. The molecule has 3 amide bonds. The van der Waals surface area contributed by atoms with Gasteiger partial charge in [-0.2, -0.15) is 0 Å². The molecule has 1 aliphatic heterocycles. The van der Waals surface area contributed by atoms with Gasteiger partial charge >= 0.3 is 6.03 Å². The first-order valence-electron chi connectivity index (χ1n) is 9.15. The van der Waals surface area contributed by atoms with E-state index in [9.17, 15) is 9.59 Å². The number of guanidine groups is 1. The fourth-order valence-electron chi connectivity index (χ4n) is 2.86. The number of benzene rings is 1. The quantitative estimate of drug-likeness (QED) is 0.212. The van der Waals surface area contributed by atoms with E-state index in [1.54, 1.807) is 0 Å². The van der Waals surface area contributed by atoms with E-state index in [0.29, 0.717) is 25.6 Å². The van der Waals surface area contributed by atoms with E-state index in [2.05, 4.69) is 40.9 Å². The summed E-state index contributed by atoms with van der Waals surface area (Å²) in [6.07, 6.45) is 0.860. The van der Waals surface area contributed by atoms with Crippen LogP contribution in [0.25, 0.3) is 0 Å². The average molecular weight is 522 g/mol. The van der Waals surface area contributed by atoms with Crippen molar-refractivity contribution < 1.29 is 9.59 Å². The van der Waals surface area contributed by atoms with Gasteiger partial charge in [0, 0.05) is 31.2 Å². The van der Waals surface area contributed by atoms with Crippen LogP contribution >= 0.6 is 35.6 Å². The minimum Gasteiger partial charge on any atom is -0.357 e. The molecule has 1 aromatic rings. The first-order valence-corrected chi connectivity index (χ1v) is 9.53. The number of nitrogens with zero attached hydrogens (tertiary/aromatic N) is 2. The van der Waals surface area contributed by atoms with Crippen LogP contribution in [0.4, 0.5) is 4.79 Å². The van der Waals surface area contributed by atoms with Crippen LogP contribution in [0.15, 0.2) is 29.3 Å². The van der Waals surface area contributed by atoms with Crippen LogP contribution in [0, 0.1) is 5.41 Å². The summed E-state index contributed by atoms with van der Waals surface area (Å²) >= 11 is 6.07. The SMILES string of the molecule is CCNC(=NCC(C)(C)Cc1cccc(Cl)c1)NCCN1C(=O)CNC1=O.I. The van der Waals surface area contributed by atoms with E-state index in [-0.39, 0.29) is 47.9 Å². The lowest BCUT2D eigenvalue weighted by atomic mass is 9.86. The fourth-order valence-corrected chi connectivity index (χ4v) is 3.07. The normalized spacial score (nSPS) is 14.6. The number of aliphatic imine (C=N–C) groups is 1. The molecule has 1 fully saturated rings. The number of amides is 3. The van der Waals surface area contributed by atoms with Crippen molar-refractivity contribution in [1.82, 2.24) is 20.9 Å². The number of rotatable bonds is 8. The maximum atomic E-state index is 11.6. The van der Waals surface area contributed by atoms with E-state index in [1.807, 2.05) is 25.1 Å². The highest BCUT2D eigenvalue weighted by atomic mass is 127. The number of urea groups is 1. The molecule has 3 N–H and O–H groups in total. The maximum Gasteiger partial charge on any atom is 0.324 e. The predicted octanol–water partition coefficient (Wildman–Crippen LogP) is 2.63. The Hall–Kier alpha value is -1.55. The van der Waals surface area contributed by atoms with E-state index in [0.717, 1.165) is 18.0 Å². The zero-order valence-electron chi connectivity index (χ0n) is 16.5. The van der Waals surface area contributed by atoms with E-state index >= 15 is 0 Å². The Bertz CT molecular complexity index is 695. The van der Waals surface area contributed by atoms with Gasteiger partial charge in [0.1, 0.15) is 0 Å². The van der Waals surface area contributed by atoms with Crippen molar-refractivity contribution in [3.05, 3.63) is 34.9 Å². The second-order valence-electron chi connectivity index (χ2n) is 7.30. The lowest BCUT2D eigenvalue weighted by Gasteiger charge is -2.23. The highest BCUT2D eigenvalue weighted by Crippen LogP contribution is 2.23. The molecule has 0 saturated carbocycles. The van der Waals surface area contributed by atoms with Crippen LogP contribution < -0.4 is 16.0 Å². The first kappa shape index (κ1) is 24.5. The number of hydrogen-bond donors (Lipinski definition) is 3. The van der Waals surface area contributed by atoms with E-state index < -0.39 is 0 Å². The number of carbonyl (C=O) groups is 2. The second kappa shape index (κ2) is 11.5. The number of nitrogens with one attached hydrogen (secondary N) is 3. The zero-order chi connectivity index (χ0) is 19.9. The van der Waals surface area contributed by atoms with Gasteiger partial charge < -0.3 is 16.0 Å². The molecule has 7 nitrogen and oxygen atoms in total. The molecule has 0 radical (unpaired) electrons. The summed E-state index contributed by atoms with van der Waals surface area (Å²) in [4.78, 5) is 29.0. The molecule has 1 aromatic carbocycles. The summed E-state index contributed by atoms with van der Waals surface area (Å²) < 4.78 is 0. The van der Waals surface area contributed by atoms with Crippen LogP contribution in [0.3, 0.4) is 0 Å². The van der Waals surface area contributed by atoms with Gasteiger partial charge in [-0.25, -0.2) is 4.79 Å². The largest absolute Gasteiger partial charge is 0.357 e. The molecule has 0 unspecified atom stereocenters. The van der Waals surface area contributed by atoms with Crippen molar-refractivity contribution in [3.8, 4) is 0 Å². The topological polar surface area (TPSA) is 85.8 Å². The third kappa shape index (κ3) is 7.83. The van der Waals surface area contributed by atoms with Crippen molar-refractivity contribution in [2.75, 3.05) is 32.7 Å². The molecule has 2 rings (SSSR count). The van der Waals surface area contributed by atoms with Gasteiger partial charge in [-0.15, -0.1) is 24.0 Å². The van der Waals surface area contributed by atoms with Crippen LogP contribution in [0.2, 0.25) is 5.02 Å². The second-order valence-corrected chi connectivity index (χ2v) is 7.73. The third-order valence-electron chi connectivity index (χ3n) is 4.15. The standard InChI is InChI=1S/C19H28ClN5O2.HI/c1-4-21-17(22-8-9-25-16(26)12-23-18(25)27)24-13-19(2,3)11-14-6-5-7-15(20)10-14;/h5-7,10H,4,8-9,11-13H2,1-3H3,(H,23,27)(H2,21,22,24);1H. The summed E-state index contributed by atoms with van der Waals surface area (Å²) in [5, 5.41) is 9.62. The molecule has 0 spiro atoms. The van der Waals surface area contributed by atoms with Crippen molar-refractivity contribution >= 4 is 53.5 Å². The Kier molecular flexibility index (Phi) is 10.0. The summed E-state index contributed by atoms with van der Waals surface area (Å²) in [5.41, 5.74) is 1.14. The van der Waals surface area contributed by atoms with Gasteiger partial charge in [-0.3, -0.25) is 14.7 Å². The smallest absolute Gasteiger partial charge is 0.324 e. The molecule has 1 aliphatic rings. The van der Waals surface area contributed by atoms with Gasteiger partial charge in [-0.1, -0.05) is 37.6 Å². The van der Waals surface area contributed by atoms with Crippen molar-refractivity contribution in [3.63, 3.8) is 0 Å². The molecule has 1 heterocycles. The summed E-state index contributed by atoms with van der Waals surface area (Å²) in [6, 6.07) is 7.53. The van der Waals surface area contributed by atoms with Crippen molar-refractivity contribution in [1.29, 1.82) is 0 Å². The molecular formula is C19H29ClIN5O2. The Morgan fingerprint density at radius 2 is 2.07 bits per heavy atom. The summed E-state index contributed by atoms with van der Waals surface area (Å²) in [5.74, 6) is 0.468. The average Bonchev–Trinajstić information content (AvgIpc) is 2.91. The first-order chi connectivity index (χ1) is 12.8. The Morgan fingerprint density at radius 1 is 1.32 bits per heavy atom.